The molecular formula is C13H15BrN2. The lowest BCUT2D eigenvalue weighted by Gasteiger charge is -2.15. The van der Waals surface area contributed by atoms with Crippen molar-refractivity contribution in [1.29, 1.82) is 5.26 Å². The number of anilines is 1. The van der Waals surface area contributed by atoms with Crippen molar-refractivity contribution < 1.29 is 0 Å². The van der Waals surface area contributed by atoms with E-state index in [1.54, 1.807) is 0 Å². The Labute approximate surface area is 105 Å². The average Bonchev–Trinajstić information content (AvgIpc) is 3.01. The Morgan fingerprint density at radius 3 is 2.88 bits per heavy atom. The third-order valence-electron chi connectivity index (χ3n) is 3.19. The lowest BCUT2D eigenvalue weighted by Crippen LogP contribution is -2.15. The van der Waals surface area contributed by atoms with Gasteiger partial charge in [-0.15, -0.1) is 0 Å². The maximum absolute atomic E-state index is 8.75. The predicted octanol–water partition coefficient (Wildman–Crippen LogP) is 3.86. The topological polar surface area (TPSA) is 35.8 Å². The van der Waals surface area contributed by atoms with Gasteiger partial charge in [-0.05, 0) is 53.4 Å². The van der Waals surface area contributed by atoms with E-state index in [0.717, 1.165) is 16.7 Å². The molecule has 0 bridgehead atoms. The third kappa shape index (κ3) is 2.56. The number of nitriles is 1. The van der Waals surface area contributed by atoms with Crippen LogP contribution in [0.15, 0.2) is 22.7 Å². The molecule has 0 aliphatic heterocycles. The maximum atomic E-state index is 8.75. The van der Waals surface area contributed by atoms with E-state index in [1.165, 1.54) is 18.4 Å². The average molecular weight is 279 g/mol. The van der Waals surface area contributed by atoms with E-state index in [-0.39, 0.29) is 5.41 Å². The number of aryl methyl sites for hydroxylation is 1. The Morgan fingerprint density at radius 2 is 2.25 bits per heavy atom. The summed E-state index contributed by atoms with van der Waals surface area (Å²) in [5.74, 6) is 0. The molecule has 1 aromatic rings. The summed E-state index contributed by atoms with van der Waals surface area (Å²) in [6.07, 6.45) is 3.03. The molecule has 0 unspecified atom stereocenters. The van der Waals surface area contributed by atoms with Crippen LogP contribution in [0.5, 0.6) is 0 Å². The molecule has 0 radical (unpaired) electrons. The molecule has 0 atom stereocenters. The van der Waals surface area contributed by atoms with Crippen molar-refractivity contribution in [3.8, 4) is 6.07 Å². The molecule has 84 valence electrons. The van der Waals surface area contributed by atoms with E-state index >= 15 is 0 Å². The van der Waals surface area contributed by atoms with Gasteiger partial charge in [-0.3, -0.25) is 0 Å². The molecule has 1 N–H and O–H groups in total. The smallest absolute Gasteiger partial charge is 0.0628 e. The van der Waals surface area contributed by atoms with Gasteiger partial charge < -0.3 is 5.32 Å². The number of nitrogens with zero attached hydrogens (tertiary/aromatic N) is 1. The first-order chi connectivity index (χ1) is 7.65. The molecule has 1 fully saturated rings. The monoisotopic (exact) mass is 278 g/mol. The lowest BCUT2D eigenvalue weighted by molar-refractivity contribution is 0.557. The molecule has 0 saturated heterocycles. The van der Waals surface area contributed by atoms with Gasteiger partial charge in [0.25, 0.3) is 0 Å². The summed E-state index contributed by atoms with van der Waals surface area (Å²) in [4.78, 5) is 0. The summed E-state index contributed by atoms with van der Waals surface area (Å²) in [5.41, 5.74) is 2.62. The molecule has 0 spiro atoms. The van der Waals surface area contributed by atoms with Crippen molar-refractivity contribution in [1.82, 2.24) is 0 Å². The Balaban J connectivity index is 2.00. The Hall–Kier alpha value is -1.01. The van der Waals surface area contributed by atoms with Gasteiger partial charge in [-0.2, -0.15) is 5.26 Å². The van der Waals surface area contributed by atoms with Crippen LogP contribution in [0.3, 0.4) is 0 Å². The first-order valence-electron chi connectivity index (χ1n) is 5.52. The van der Waals surface area contributed by atoms with Crippen molar-refractivity contribution in [2.45, 2.75) is 26.2 Å². The third-order valence-corrected chi connectivity index (χ3v) is 3.88. The summed E-state index contributed by atoms with van der Waals surface area (Å²) in [7, 11) is 0. The van der Waals surface area contributed by atoms with Gasteiger partial charge in [-0.25, -0.2) is 0 Å². The largest absolute Gasteiger partial charge is 0.384 e. The van der Waals surface area contributed by atoms with E-state index in [1.807, 2.05) is 0 Å². The van der Waals surface area contributed by atoms with Crippen LogP contribution >= 0.6 is 15.9 Å². The molecule has 1 aliphatic rings. The highest BCUT2D eigenvalue weighted by atomic mass is 79.9. The second-order valence-corrected chi connectivity index (χ2v) is 5.53. The molecule has 3 heteroatoms. The predicted molar refractivity (Wildman–Crippen MR) is 69.3 cm³/mol. The molecule has 0 aromatic heterocycles. The lowest BCUT2D eigenvalue weighted by atomic mass is 10.0. The fraction of sp³-hybridized carbons (Fsp3) is 0.462. The summed E-state index contributed by atoms with van der Waals surface area (Å²) in [6.45, 7) is 2.99. The van der Waals surface area contributed by atoms with Crippen molar-refractivity contribution in [2.24, 2.45) is 5.41 Å². The fourth-order valence-corrected chi connectivity index (χ4v) is 2.20. The molecule has 1 saturated carbocycles. The number of nitrogens with one attached hydrogen (secondary N) is 1. The van der Waals surface area contributed by atoms with E-state index in [9.17, 15) is 0 Å². The van der Waals surface area contributed by atoms with Crippen LogP contribution in [-0.2, 0) is 0 Å². The van der Waals surface area contributed by atoms with Crippen LogP contribution in [0.2, 0.25) is 0 Å². The number of benzene rings is 1. The second-order valence-electron chi connectivity index (χ2n) is 4.67. The molecule has 0 amide bonds. The van der Waals surface area contributed by atoms with Gasteiger partial charge >= 0.3 is 0 Å². The highest BCUT2D eigenvalue weighted by Crippen LogP contribution is 2.48. The van der Waals surface area contributed by atoms with Gasteiger partial charge in [-0.1, -0.05) is 6.07 Å². The van der Waals surface area contributed by atoms with Crippen molar-refractivity contribution in [3.63, 3.8) is 0 Å². The van der Waals surface area contributed by atoms with Crippen LogP contribution in [-0.4, -0.2) is 6.54 Å². The summed E-state index contributed by atoms with van der Waals surface area (Å²) in [5, 5.41) is 12.2. The maximum Gasteiger partial charge on any atom is 0.0628 e. The van der Waals surface area contributed by atoms with E-state index in [0.29, 0.717) is 6.42 Å². The fourth-order valence-electron chi connectivity index (χ4n) is 1.82. The molecule has 1 aromatic carbocycles. The van der Waals surface area contributed by atoms with E-state index < -0.39 is 0 Å². The normalized spacial score (nSPS) is 16.6. The van der Waals surface area contributed by atoms with Crippen molar-refractivity contribution in [3.05, 3.63) is 28.2 Å². The van der Waals surface area contributed by atoms with Crippen LogP contribution in [0.1, 0.15) is 24.8 Å². The first kappa shape index (κ1) is 11.5. The summed E-state index contributed by atoms with van der Waals surface area (Å²) < 4.78 is 1.09. The standard InChI is InChI=1S/C13H15BrN2/c1-10-2-3-11(14)12(8-10)16-9-13(4-5-13)6-7-15/h2-3,8,16H,4-6,9H2,1H3. The molecule has 0 heterocycles. The van der Waals surface area contributed by atoms with Crippen LogP contribution < -0.4 is 5.32 Å². The molecule has 16 heavy (non-hydrogen) atoms. The van der Waals surface area contributed by atoms with E-state index in [2.05, 4.69) is 52.4 Å². The molecule has 2 rings (SSSR count). The van der Waals surface area contributed by atoms with Gasteiger partial charge in [0.15, 0.2) is 0 Å². The second kappa shape index (κ2) is 4.47. The quantitative estimate of drug-likeness (QED) is 0.908. The van der Waals surface area contributed by atoms with Crippen molar-refractivity contribution >= 4 is 21.6 Å². The molecule has 2 nitrogen and oxygen atoms in total. The zero-order chi connectivity index (χ0) is 11.6. The minimum absolute atomic E-state index is 0.248. The zero-order valence-electron chi connectivity index (χ0n) is 9.39. The highest BCUT2D eigenvalue weighted by molar-refractivity contribution is 9.10. The number of rotatable bonds is 4. The van der Waals surface area contributed by atoms with Gasteiger partial charge in [0, 0.05) is 28.5 Å². The minimum atomic E-state index is 0.248. The highest BCUT2D eigenvalue weighted by Gasteiger charge is 2.42. The van der Waals surface area contributed by atoms with Crippen LogP contribution in [0.25, 0.3) is 0 Å². The molecular weight excluding hydrogens is 264 g/mol. The van der Waals surface area contributed by atoms with Crippen LogP contribution in [0.4, 0.5) is 5.69 Å². The van der Waals surface area contributed by atoms with Gasteiger partial charge in [0.1, 0.15) is 0 Å². The molecule has 1 aliphatic carbocycles. The van der Waals surface area contributed by atoms with Crippen molar-refractivity contribution in [2.75, 3.05) is 11.9 Å². The van der Waals surface area contributed by atoms with Gasteiger partial charge in [0.05, 0.1) is 6.07 Å². The van der Waals surface area contributed by atoms with Crippen LogP contribution in [0, 0.1) is 23.7 Å². The Bertz CT molecular complexity index is 430. The first-order valence-corrected chi connectivity index (χ1v) is 6.31. The number of hydrogen-bond donors (Lipinski definition) is 1. The zero-order valence-corrected chi connectivity index (χ0v) is 11.0. The SMILES string of the molecule is Cc1ccc(Br)c(NCC2(CC#N)CC2)c1. The Morgan fingerprint density at radius 1 is 1.50 bits per heavy atom. The van der Waals surface area contributed by atoms with E-state index in [4.69, 9.17) is 5.26 Å². The summed E-state index contributed by atoms with van der Waals surface area (Å²) >= 11 is 3.53. The summed E-state index contributed by atoms with van der Waals surface area (Å²) in [6, 6.07) is 8.55. The van der Waals surface area contributed by atoms with Gasteiger partial charge in [0.2, 0.25) is 0 Å². The Kier molecular flexibility index (Phi) is 3.20. The number of halogens is 1. The minimum Gasteiger partial charge on any atom is -0.384 e. The number of hydrogen-bond acceptors (Lipinski definition) is 2.